The van der Waals surface area contributed by atoms with Gasteiger partial charge in [-0.2, -0.15) is 5.10 Å². The van der Waals surface area contributed by atoms with Gasteiger partial charge >= 0.3 is 0 Å². The Balaban J connectivity index is 1.57. The van der Waals surface area contributed by atoms with E-state index in [1.807, 2.05) is 42.3 Å². The van der Waals surface area contributed by atoms with Crippen molar-refractivity contribution in [1.29, 1.82) is 0 Å². The van der Waals surface area contributed by atoms with Crippen molar-refractivity contribution in [2.24, 2.45) is 0 Å². The van der Waals surface area contributed by atoms with Gasteiger partial charge in [-0.15, -0.1) is 0 Å². The van der Waals surface area contributed by atoms with Crippen LogP contribution in [0.4, 0.5) is 10.2 Å². The van der Waals surface area contributed by atoms with E-state index < -0.39 is 0 Å². The molecule has 3 rings (SSSR count). The lowest BCUT2D eigenvalue weighted by Gasteiger charge is -2.17. The quantitative estimate of drug-likeness (QED) is 0.672. The first-order valence-corrected chi connectivity index (χ1v) is 8.86. The average molecular weight is 387 g/mol. The molecule has 140 valence electrons. The molecule has 27 heavy (non-hydrogen) atoms. The fraction of sp³-hybridized carbons (Fsp3) is 0.200. The summed E-state index contributed by atoms with van der Waals surface area (Å²) in [5, 5.41) is 7.78. The Labute approximate surface area is 162 Å². The van der Waals surface area contributed by atoms with Crippen LogP contribution in [0, 0.1) is 5.82 Å². The molecule has 5 nitrogen and oxygen atoms in total. The molecule has 0 bridgehead atoms. The standard InChI is InChI=1S/C20H20ClFN4O/c1-25(12-16-5-3-7-18(22)11-16)14-20(27)24-19-8-9-23-26(19)13-15-4-2-6-17(21)10-15/h2-11H,12-14H2,1H3,(H,24,27). The van der Waals surface area contributed by atoms with E-state index in [0.29, 0.717) is 23.9 Å². The van der Waals surface area contributed by atoms with Crippen LogP contribution in [0.3, 0.4) is 0 Å². The molecule has 0 aliphatic rings. The molecule has 0 aliphatic heterocycles. The van der Waals surface area contributed by atoms with E-state index in [9.17, 15) is 9.18 Å². The highest BCUT2D eigenvalue weighted by Crippen LogP contribution is 2.14. The van der Waals surface area contributed by atoms with Crippen LogP contribution in [0.2, 0.25) is 5.02 Å². The zero-order chi connectivity index (χ0) is 19.2. The third-order valence-electron chi connectivity index (χ3n) is 3.96. The first kappa shape index (κ1) is 19.1. The van der Waals surface area contributed by atoms with Crippen molar-refractivity contribution in [3.8, 4) is 0 Å². The number of halogens is 2. The van der Waals surface area contributed by atoms with Crippen LogP contribution >= 0.6 is 11.6 Å². The van der Waals surface area contributed by atoms with Gasteiger partial charge in [0.1, 0.15) is 11.6 Å². The zero-order valence-electron chi connectivity index (χ0n) is 14.9. The summed E-state index contributed by atoms with van der Waals surface area (Å²) in [4.78, 5) is 14.2. The maximum atomic E-state index is 13.3. The fourth-order valence-corrected chi connectivity index (χ4v) is 3.02. The zero-order valence-corrected chi connectivity index (χ0v) is 15.7. The molecule has 7 heteroatoms. The lowest BCUT2D eigenvalue weighted by molar-refractivity contribution is -0.117. The normalized spacial score (nSPS) is 11.0. The van der Waals surface area contributed by atoms with E-state index >= 15 is 0 Å². The van der Waals surface area contributed by atoms with Gasteiger partial charge in [0.25, 0.3) is 0 Å². The summed E-state index contributed by atoms with van der Waals surface area (Å²) < 4.78 is 15.0. The van der Waals surface area contributed by atoms with Crippen LogP contribution in [-0.2, 0) is 17.9 Å². The second-order valence-electron chi connectivity index (χ2n) is 6.35. The fourth-order valence-electron chi connectivity index (χ4n) is 2.80. The monoisotopic (exact) mass is 386 g/mol. The first-order valence-electron chi connectivity index (χ1n) is 8.49. The number of rotatable bonds is 7. The van der Waals surface area contributed by atoms with E-state index in [1.165, 1.54) is 12.1 Å². The number of anilines is 1. The molecule has 1 N–H and O–H groups in total. The molecule has 0 aliphatic carbocycles. The van der Waals surface area contributed by atoms with Crippen LogP contribution in [0.5, 0.6) is 0 Å². The highest BCUT2D eigenvalue weighted by atomic mass is 35.5. The molecule has 3 aromatic rings. The van der Waals surface area contributed by atoms with Crippen LogP contribution in [-0.4, -0.2) is 34.2 Å². The van der Waals surface area contributed by atoms with Gasteiger partial charge in [-0.1, -0.05) is 35.9 Å². The van der Waals surface area contributed by atoms with Crippen molar-refractivity contribution in [1.82, 2.24) is 14.7 Å². The second-order valence-corrected chi connectivity index (χ2v) is 6.79. The SMILES string of the molecule is CN(CC(=O)Nc1ccnn1Cc1cccc(Cl)c1)Cc1cccc(F)c1. The van der Waals surface area contributed by atoms with Gasteiger partial charge < -0.3 is 5.32 Å². The van der Waals surface area contributed by atoms with Crippen molar-refractivity contribution in [2.75, 3.05) is 18.9 Å². The largest absolute Gasteiger partial charge is 0.310 e. The number of nitrogens with one attached hydrogen (secondary N) is 1. The van der Waals surface area contributed by atoms with Crippen molar-refractivity contribution in [3.63, 3.8) is 0 Å². The number of nitrogens with zero attached hydrogens (tertiary/aromatic N) is 3. The van der Waals surface area contributed by atoms with E-state index in [4.69, 9.17) is 11.6 Å². The average Bonchev–Trinajstić information content (AvgIpc) is 3.01. The molecular formula is C20H20ClFN4O. The van der Waals surface area contributed by atoms with Gasteiger partial charge in [0.05, 0.1) is 19.3 Å². The van der Waals surface area contributed by atoms with Gasteiger partial charge in [-0.3, -0.25) is 9.69 Å². The molecule has 1 aromatic heterocycles. The van der Waals surface area contributed by atoms with Crippen LogP contribution < -0.4 is 5.32 Å². The summed E-state index contributed by atoms with van der Waals surface area (Å²) in [6.45, 7) is 1.16. The molecule has 0 atom stereocenters. The Hall–Kier alpha value is -2.70. The number of amides is 1. The number of aromatic nitrogens is 2. The summed E-state index contributed by atoms with van der Waals surface area (Å²) >= 11 is 6.01. The Kier molecular flexibility index (Phi) is 6.21. The number of carbonyl (C=O) groups is 1. The molecule has 1 heterocycles. The van der Waals surface area contributed by atoms with Gasteiger partial charge in [-0.05, 0) is 42.4 Å². The van der Waals surface area contributed by atoms with Crippen LogP contribution in [0.1, 0.15) is 11.1 Å². The van der Waals surface area contributed by atoms with Crippen LogP contribution in [0.15, 0.2) is 60.8 Å². The molecule has 0 saturated carbocycles. The van der Waals surface area contributed by atoms with E-state index in [-0.39, 0.29) is 18.3 Å². The number of likely N-dealkylation sites (N-methyl/N-ethyl adjacent to an activating group) is 1. The molecule has 0 radical (unpaired) electrons. The molecule has 0 saturated heterocycles. The third-order valence-corrected chi connectivity index (χ3v) is 4.20. The lowest BCUT2D eigenvalue weighted by Crippen LogP contribution is -2.30. The summed E-state index contributed by atoms with van der Waals surface area (Å²) in [6.07, 6.45) is 1.64. The number of benzene rings is 2. The van der Waals surface area contributed by atoms with Gasteiger partial charge in [0, 0.05) is 17.6 Å². The lowest BCUT2D eigenvalue weighted by atomic mass is 10.2. The third kappa shape index (κ3) is 5.64. The van der Waals surface area contributed by atoms with Gasteiger partial charge in [0.2, 0.25) is 5.91 Å². The Morgan fingerprint density at radius 3 is 2.74 bits per heavy atom. The highest BCUT2D eigenvalue weighted by Gasteiger charge is 2.11. The number of hydrogen-bond acceptors (Lipinski definition) is 3. The maximum Gasteiger partial charge on any atom is 0.239 e. The molecule has 0 unspecified atom stereocenters. The minimum atomic E-state index is -0.282. The molecule has 2 aromatic carbocycles. The van der Waals surface area contributed by atoms with E-state index in [1.54, 1.807) is 23.0 Å². The smallest absolute Gasteiger partial charge is 0.239 e. The first-order chi connectivity index (χ1) is 13.0. The van der Waals surface area contributed by atoms with Crippen molar-refractivity contribution >= 4 is 23.3 Å². The number of carbonyl (C=O) groups excluding carboxylic acids is 1. The van der Waals surface area contributed by atoms with Crippen molar-refractivity contribution in [3.05, 3.63) is 82.8 Å². The summed E-state index contributed by atoms with van der Waals surface area (Å²) in [5.41, 5.74) is 1.81. The molecular weight excluding hydrogens is 367 g/mol. The Morgan fingerprint density at radius 2 is 1.96 bits per heavy atom. The predicted octanol–water partition coefficient (Wildman–Crippen LogP) is 3.79. The van der Waals surface area contributed by atoms with Crippen LogP contribution in [0.25, 0.3) is 0 Å². The topological polar surface area (TPSA) is 50.2 Å². The van der Waals surface area contributed by atoms with Crippen molar-refractivity contribution < 1.29 is 9.18 Å². The molecule has 0 fully saturated rings. The molecule has 1 amide bonds. The molecule has 0 spiro atoms. The Bertz CT molecular complexity index is 928. The summed E-state index contributed by atoms with van der Waals surface area (Å²) in [5.74, 6) is 0.163. The minimum Gasteiger partial charge on any atom is -0.310 e. The van der Waals surface area contributed by atoms with Gasteiger partial charge in [0.15, 0.2) is 0 Å². The highest BCUT2D eigenvalue weighted by molar-refractivity contribution is 6.30. The minimum absolute atomic E-state index is 0.165. The Morgan fingerprint density at radius 1 is 1.19 bits per heavy atom. The second kappa shape index (κ2) is 8.79. The van der Waals surface area contributed by atoms with Gasteiger partial charge in [-0.25, -0.2) is 9.07 Å². The number of hydrogen-bond donors (Lipinski definition) is 1. The predicted molar refractivity (Wildman–Crippen MR) is 104 cm³/mol. The summed E-state index contributed by atoms with van der Waals surface area (Å²) in [7, 11) is 1.81. The summed E-state index contributed by atoms with van der Waals surface area (Å²) in [6, 6.07) is 15.6. The van der Waals surface area contributed by atoms with E-state index in [2.05, 4.69) is 10.4 Å². The maximum absolute atomic E-state index is 13.3. The van der Waals surface area contributed by atoms with E-state index in [0.717, 1.165) is 11.1 Å². The van der Waals surface area contributed by atoms with Crippen molar-refractivity contribution in [2.45, 2.75) is 13.1 Å².